The number of benzene rings is 2. The van der Waals surface area contributed by atoms with E-state index in [9.17, 15) is 18.3 Å². The highest BCUT2D eigenvalue weighted by Crippen LogP contribution is 2.31. The summed E-state index contributed by atoms with van der Waals surface area (Å²) in [5.41, 5.74) is 0.455. The van der Waals surface area contributed by atoms with Gasteiger partial charge in [0.15, 0.2) is 5.69 Å². The van der Waals surface area contributed by atoms with Crippen LogP contribution in [-0.2, 0) is 10.0 Å². The molecule has 10 heteroatoms. The van der Waals surface area contributed by atoms with Crippen LogP contribution in [0.25, 0.3) is 16.7 Å². The van der Waals surface area contributed by atoms with E-state index in [4.69, 9.17) is 11.6 Å². The number of nitrogens with zero attached hydrogens (tertiary/aromatic N) is 3. The van der Waals surface area contributed by atoms with Crippen LogP contribution in [0.15, 0.2) is 71.9 Å². The number of allylic oxidation sites excluding steroid dienone is 1. The van der Waals surface area contributed by atoms with E-state index in [0.29, 0.717) is 15.9 Å². The van der Waals surface area contributed by atoms with Crippen LogP contribution >= 0.6 is 11.6 Å². The standard InChI is InChI=1S/C19H13ClN4O4S/c20-12-6-7-17-14(8-12)15(18(25)9-19(26)16-10-21-23-22-16)11-24(17)29(27,28)13-4-2-1-3-5-13/h1-11,25H,(H,21,22,23)/b18-9-. The van der Waals surface area contributed by atoms with Gasteiger partial charge in [-0.15, -0.1) is 0 Å². The van der Waals surface area contributed by atoms with Gasteiger partial charge in [0.05, 0.1) is 16.6 Å². The summed E-state index contributed by atoms with van der Waals surface area (Å²) >= 11 is 6.07. The smallest absolute Gasteiger partial charge is 0.268 e. The largest absolute Gasteiger partial charge is 0.507 e. The van der Waals surface area contributed by atoms with Crippen LogP contribution in [0.2, 0.25) is 5.02 Å². The highest BCUT2D eigenvalue weighted by molar-refractivity contribution is 7.90. The number of fused-ring (bicyclic) bond motifs is 1. The lowest BCUT2D eigenvalue weighted by Gasteiger charge is -2.07. The molecule has 0 bridgehead atoms. The van der Waals surface area contributed by atoms with Gasteiger partial charge in [0, 0.05) is 28.2 Å². The molecule has 0 aliphatic rings. The quantitative estimate of drug-likeness (QED) is 0.285. The van der Waals surface area contributed by atoms with Gasteiger partial charge in [-0.3, -0.25) is 4.79 Å². The molecule has 2 aromatic heterocycles. The molecule has 0 saturated carbocycles. The molecular formula is C19H13ClN4O4S. The van der Waals surface area contributed by atoms with E-state index in [1.807, 2.05) is 0 Å². The van der Waals surface area contributed by atoms with Crippen molar-refractivity contribution in [1.82, 2.24) is 19.4 Å². The molecule has 8 nitrogen and oxygen atoms in total. The number of carbonyl (C=O) groups excluding carboxylic acids is 1. The lowest BCUT2D eigenvalue weighted by molar-refractivity contribution is 0.104. The molecule has 0 atom stereocenters. The van der Waals surface area contributed by atoms with Gasteiger partial charge < -0.3 is 5.11 Å². The van der Waals surface area contributed by atoms with Crippen molar-refractivity contribution in [3.05, 3.63) is 83.3 Å². The Morgan fingerprint density at radius 3 is 2.62 bits per heavy atom. The molecule has 4 rings (SSSR count). The first-order valence-electron chi connectivity index (χ1n) is 8.30. The molecule has 2 aromatic carbocycles. The first-order valence-corrected chi connectivity index (χ1v) is 10.1. The van der Waals surface area contributed by atoms with E-state index >= 15 is 0 Å². The predicted molar refractivity (Wildman–Crippen MR) is 107 cm³/mol. The maximum atomic E-state index is 13.1. The van der Waals surface area contributed by atoms with E-state index in [1.54, 1.807) is 24.3 Å². The zero-order valence-corrected chi connectivity index (χ0v) is 16.2. The van der Waals surface area contributed by atoms with Crippen molar-refractivity contribution < 1.29 is 18.3 Å². The fraction of sp³-hybridized carbons (Fsp3) is 0. The average molecular weight is 429 g/mol. The Balaban J connectivity index is 1.90. The fourth-order valence-corrected chi connectivity index (χ4v) is 4.44. The number of ketones is 1. The second-order valence-electron chi connectivity index (χ2n) is 6.07. The van der Waals surface area contributed by atoms with Crippen LogP contribution in [0.1, 0.15) is 16.1 Å². The summed E-state index contributed by atoms with van der Waals surface area (Å²) in [4.78, 5) is 12.3. The Morgan fingerprint density at radius 1 is 1.17 bits per heavy atom. The topological polar surface area (TPSA) is 118 Å². The van der Waals surface area contributed by atoms with Crippen molar-refractivity contribution >= 4 is 44.1 Å². The Hall–Kier alpha value is -3.43. The van der Waals surface area contributed by atoms with Crippen LogP contribution in [0, 0.1) is 0 Å². The number of rotatable bonds is 5. The molecule has 0 saturated heterocycles. The summed E-state index contributed by atoms with van der Waals surface area (Å²) in [6.07, 6.45) is 3.42. The number of aromatic amines is 1. The fourth-order valence-electron chi connectivity index (χ4n) is 2.88. The Bertz CT molecular complexity index is 1340. The first-order chi connectivity index (χ1) is 13.9. The van der Waals surface area contributed by atoms with Crippen LogP contribution in [0.4, 0.5) is 0 Å². The van der Waals surface area contributed by atoms with E-state index in [-0.39, 0.29) is 16.2 Å². The number of hydrogen-bond donors (Lipinski definition) is 2. The highest BCUT2D eigenvalue weighted by atomic mass is 35.5. The summed E-state index contributed by atoms with van der Waals surface area (Å²) in [5.74, 6) is -1.02. The zero-order chi connectivity index (χ0) is 20.6. The number of halogens is 1. The SMILES string of the molecule is O=C(/C=C(\O)c1cn(S(=O)(=O)c2ccccc2)c2ccc(Cl)cc12)c1cn[nH]n1. The Labute approximate surface area is 170 Å². The van der Waals surface area contributed by atoms with Crippen LogP contribution in [0.3, 0.4) is 0 Å². The molecule has 0 aliphatic heterocycles. The van der Waals surface area contributed by atoms with Crippen molar-refractivity contribution in [2.75, 3.05) is 0 Å². The third-order valence-corrected chi connectivity index (χ3v) is 6.17. The van der Waals surface area contributed by atoms with Gasteiger partial charge in [0.2, 0.25) is 5.78 Å². The minimum absolute atomic E-state index is 0.00947. The Morgan fingerprint density at radius 2 is 1.93 bits per heavy atom. The lowest BCUT2D eigenvalue weighted by atomic mass is 10.1. The minimum atomic E-state index is -3.94. The van der Waals surface area contributed by atoms with E-state index in [2.05, 4.69) is 15.4 Å². The molecule has 0 fully saturated rings. The molecule has 2 heterocycles. The van der Waals surface area contributed by atoms with Crippen molar-refractivity contribution in [3.63, 3.8) is 0 Å². The van der Waals surface area contributed by atoms with Crippen LogP contribution in [0.5, 0.6) is 0 Å². The number of aliphatic hydroxyl groups is 1. The summed E-state index contributed by atoms with van der Waals surface area (Å²) in [6, 6.07) is 12.5. The second kappa shape index (κ2) is 7.19. The zero-order valence-electron chi connectivity index (χ0n) is 14.7. The number of carbonyl (C=O) groups is 1. The summed E-state index contributed by atoms with van der Waals surface area (Å²) in [6.45, 7) is 0. The van der Waals surface area contributed by atoms with Crippen molar-refractivity contribution in [3.8, 4) is 0 Å². The monoisotopic (exact) mass is 428 g/mol. The molecule has 0 radical (unpaired) electrons. The third kappa shape index (κ3) is 3.41. The number of hydrogen-bond acceptors (Lipinski definition) is 6. The van der Waals surface area contributed by atoms with Gasteiger partial charge in [0.1, 0.15) is 5.76 Å². The molecule has 0 spiro atoms. The van der Waals surface area contributed by atoms with Gasteiger partial charge in [0.25, 0.3) is 10.0 Å². The van der Waals surface area contributed by atoms with Gasteiger partial charge in [-0.25, -0.2) is 12.4 Å². The maximum Gasteiger partial charge on any atom is 0.268 e. The number of H-pyrrole nitrogens is 1. The van der Waals surface area contributed by atoms with Gasteiger partial charge in [-0.1, -0.05) is 29.8 Å². The first kappa shape index (κ1) is 18.9. The normalized spacial score (nSPS) is 12.4. The van der Waals surface area contributed by atoms with E-state index in [1.165, 1.54) is 36.7 Å². The maximum absolute atomic E-state index is 13.1. The lowest BCUT2D eigenvalue weighted by Crippen LogP contribution is -2.11. The predicted octanol–water partition coefficient (Wildman–Crippen LogP) is 3.43. The minimum Gasteiger partial charge on any atom is -0.507 e. The molecule has 4 aromatic rings. The average Bonchev–Trinajstić information content (AvgIpc) is 3.37. The van der Waals surface area contributed by atoms with E-state index in [0.717, 1.165) is 10.0 Å². The molecule has 0 aliphatic carbocycles. The molecule has 146 valence electrons. The van der Waals surface area contributed by atoms with Crippen molar-refractivity contribution in [2.24, 2.45) is 0 Å². The number of aromatic nitrogens is 4. The van der Waals surface area contributed by atoms with Crippen LogP contribution < -0.4 is 0 Å². The molecule has 29 heavy (non-hydrogen) atoms. The number of nitrogens with one attached hydrogen (secondary N) is 1. The van der Waals surface area contributed by atoms with E-state index < -0.39 is 21.6 Å². The second-order valence-corrected chi connectivity index (χ2v) is 8.32. The van der Waals surface area contributed by atoms with Crippen LogP contribution in [-0.4, -0.2) is 38.7 Å². The van der Waals surface area contributed by atoms with Crippen molar-refractivity contribution in [1.29, 1.82) is 0 Å². The van der Waals surface area contributed by atoms with Gasteiger partial charge in [-0.05, 0) is 30.3 Å². The molecular weight excluding hydrogens is 416 g/mol. The molecule has 2 N–H and O–H groups in total. The summed E-state index contributed by atoms with van der Waals surface area (Å²) in [7, 11) is -3.94. The summed E-state index contributed by atoms with van der Waals surface area (Å²) < 4.78 is 27.3. The molecule has 0 unspecified atom stereocenters. The summed E-state index contributed by atoms with van der Waals surface area (Å²) in [5, 5.41) is 20.8. The third-order valence-electron chi connectivity index (χ3n) is 4.24. The highest BCUT2D eigenvalue weighted by Gasteiger charge is 2.23. The van der Waals surface area contributed by atoms with Gasteiger partial charge in [-0.2, -0.15) is 15.4 Å². The molecule has 0 amide bonds. The van der Waals surface area contributed by atoms with Crippen molar-refractivity contribution in [2.45, 2.75) is 4.90 Å². The van der Waals surface area contributed by atoms with Gasteiger partial charge >= 0.3 is 0 Å². The Kier molecular flexibility index (Phi) is 4.69. The number of aliphatic hydroxyl groups excluding tert-OH is 1.